The Morgan fingerprint density at radius 2 is 2.16 bits per heavy atom. The number of carbonyl (C=O) groups is 1. The monoisotopic (exact) mass is 421 g/mol. The lowest BCUT2D eigenvalue weighted by Gasteiger charge is -2.15. The van der Waals surface area contributed by atoms with Gasteiger partial charge in [0, 0.05) is 31.5 Å². The number of methoxy groups -OCH3 is 1. The average Bonchev–Trinajstić information content (AvgIpc) is 3.44. The Morgan fingerprint density at radius 3 is 2.84 bits per heavy atom. The van der Waals surface area contributed by atoms with Crippen LogP contribution >= 0.6 is 0 Å². The van der Waals surface area contributed by atoms with Gasteiger partial charge in [0.25, 0.3) is 0 Å². The van der Waals surface area contributed by atoms with Crippen LogP contribution in [0.1, 0.15) is 15.9 Å². The number of benzene rings is 1. The number of ether oxygens (including phenoxy) is 1. The third-order valence-electron chi connectivity index (χ3n) is 4.34. The van der Waals surface area contributed by atoms with Gasteiger partial charge in [-0.25, -0.2) is 14.8 Å². The molecular formula is C19H19N9O3. The van der Waals surface area contributed by atoms with Gasteiger partial charge in [-0.3, -0.25) is 9.78 Å². The minimum absolute atomic E-state index is 0.0859. The quantitative estimate of drug-likeness (QED) is 0.332. The topological polar surface area (TPSA) is 156 Å². The number of aromatic amines is 1. The maximum absolute atomic E-state index is 11.7. The van der Waals surface area contributed by atoms with Crippen LogP contribution in [-0.2, 0) is 13.6 Å². The van der Waals surface area contributed by atoms with Gasteiger partial charge in [-0.15, -0.1) is 0 Å². The molecule has 4 rings (SSSR count). The summed E-state index contributed by atoms with van der Waals surface area (Å²) in [5.41, 5.74) is 1.97. The maximum Gasteiger partial charge on any atom is 0.341 e. The standard InChI is InChI=1S/C19H19N9O3/c1-28-10-22-16(27-28)12-4-3-5-14(15(12)31-2)25-17-13(18(29)30)9-21-19(26-17)20-6-11-7-23-24-8-11/h3-5,7-10H,6H2,1-2H3,(H,23,24)(H,29,30)(H2,20,21,25,26). The fourth-order valence-corrected chi connectivity index (χ4v) is 2.90. The van der Waals surface area contributed by atoms with Crippen molar-refractivity contribution in [2.45, 2.75) is 6.54 Å². The highest BCUT2D eigenvalue weighted by atomic mass is 16.5. The molecule has 3 aromatic heterocycles. The Bertz CT molecular complexity index is 1200. The number of hydrogen-bond acceptors (Lipinski definition) is 9. The molecule has 0 saturated heterocycles. The van der Waals surface area contributed by atoms with Crippen molar-refractivity contribution in [1.29, 1.82) is 0 Å². The Kier molecular flexibility index (Phi) is 5.43. The van der Waals surface area contributed by atoms with Crippen LogP contribution < -0.4 is 15.4 Å². The highest BCUT2D eigenvalue weighted by Gasteiger charge is 2.18. The number of nitrogens with zero attached hydrogens (tertiary/aromatic N) is 6. The van der Waals surface area contributed by atoms with Crippen molar-refractivity contribution in [3.63, 3.8) is 0 Å². The van der Waals surface area contributed by atoms with Crippen molar-refractivity contribution in [3.8, 4) is 17.1 Å². The number of aromatic nitrogens is 7. The summed E-state index contributed by atoms with van der Waals surface area (Å²) in [6.07, 6.45) is 6.23. The molecule has 0 aliphatic carbocycles. The third kappa shape index (κ3) is 4.27. The van der Waals surface area contributed by atoms with Crippen molar-refractivity contribution in [1.82, 2.24) is 34.9 Å². The molecule has 0 unspecified atom stereocenters. The zero-order valence-electron chi connectivity index (χ0n) is 16.7. The molecule has 0 saturated carbocycles. The number of aromatic carboxylic acids is 1. The van der Waals surface area contributed by atoms with E-state index in [0.29, 0.717) is 29.4 Å². The molecule has 31 heavy (non-hydrogen) atoms. The summed E-state index contributed by atoms with van der Waals surface area (Å²) in [7, 11) is 3.28. The van der Waals surface area contributed by atoms with Crippen molar-refractivity contribution < 1.29 is 14.6 Å². The maximum atomic E-state index is 11.7. The first kappa shape index (κ1) is 19.8. The van der Waals surface area contributed by atoms with E-state index in [0.717, 1.165) is 5.56 Å². The van der Waals surface area contributed by atoms with Crippen LogP contribution in [0.25, 0.3) is 11.4 Å². The van der Waals surface area contributed by atoms with Gasteiger partial charge in [-0.05, 0) is 12.1 Å². The number of carboxylic acids is 1. The van der Waals surface area contributed by atoms with E-state index in [1.165, 1.54) is 13.3 Å². The van der Waals surface area contributed by atoms with Crippen LogP contribution in [0, 0.1) is 0 Å². The van der Waals surface area contributed by atoms with Crippen molar-refractivity contribution in [2.24, 2.45) is 7.05 Å². The minimum atomic E-state index is -1.16. The molecule has 158 valence electrons. The molecule has 1 aromatic carbocycles. The van der Waals surface area contributed by atoms with Crippen LogP contribution in [0.15, 0.2) is 43.1 Å². The van der Waals surface area contributed by atoms with Gasteiger partial charge in [0.1, 0.15) is 11.9 Å². The predicted octanol–water partition coefficient (Wildman–Crippen LogP) is 2.06. The third-order valence-corrected chi connectivity index (χ3v) is 4.34. The molecule has 0 aliphatic rings. The fourth-order valence-electron chi connectivity index (χ4n) is 2.90. The van der Waals surface area contributed by atoms with Gasteiger partial charge in [0.05, 0.1) is 24.6 Å². The molecule has 12 nitrogen and oxygen atoms in total. The highest BCUT2D eigenvalue weighted by molar-refractivity contribution is 5.94. The minimum Gasteiger partial charge on any atom is -0.494 e. The number of nitrogens with one attached hydrogen (secondary N) is 3. The number of rotatable bonds is 8. The Balaban J connectivity index is 1.67. The first-order valence-electron chi connectivity index (χ1n) is 9.17. The number of hydrogen-bond donors (Lipinski definition) is 4. The van der Waals surface area contributed by atoms with Gasteiger partial charge in [0.2, 0.25) is 5.95 Å². The van der Waals surface area contributed by atoms with E-state index in [9.17, 15) is 9.90 Å². The lowest BCUT2D eigenvalue weighted by Crippen LogP contribution is -2.10. The number of anilines is 3. The Hall–Kier alpha value is -4.48. The second-order valence-electron chi connectivity index (χ2n) is 6.47. The lowest BCUT2D eigenvalue weighted by atomic mass is 10.1. The summed E-state index contributed by atoms with van der Waals surface area (Å²) in [4.78, 5) is 24.4. The van der Waals surface area contributed by atoms with Gasteiger partial charge in [-0.1, -0.05) is 6.07 Å². The second kappa shape index (κ2) is 8.49. The molecule has 0 fully saturated rings. The van der Waals surface area contributed by atoms with Crippen LogP contribution in [0.4, 0.5) is 17.5 Å². The molecule has 0 bridgehead atoms. The van der Waals surface area contributed by atoms with E-state index >= 15 is 0 Å². The molecule has 0 spiro atoms. The summed E-state index contributed by atoms with van der Waals surface area (Å²) in [5, 5.41) is 26.6. The molecule has 12 heteroatoms. The zero-order valence-corrected chi connectivity index (χ0v) is 16.7. The Morgan fingerprint density at radius 1 is 1.29 bits per heavy atom. The normalized spacial score (nSPS) is 10.6. The van der Waals surface area contributed by atoms with Gasteiger partial charge in [-0.2, -0.15) is 15.2 Å². The van der Waals surface area contributed by atoms with Crippen LogP contribution in [0.3, 0.4) is 0 Å². The molecule has 4 aromatic rings. The number of aryl methyl sites for hydroxylation is 1. The molecule has 0 radical (unpaired) electrons. The number of H-pyrrole nitrogens is 1. The summed E-state index contributed by atoms with van der Waals surface area (Å²) in [5.74, 6) is 0.144. The number of carboxylic acid groups (broad SMARTS) is 1. The second-order valence-corrected chi connectivity index (χ2v) is 6.47. The molecule has 0 amide bonds. The van der Waals surface area contributed by atoms with E-state index < -0.39 is 5.97 Å². The number of para-hydroxylation sites is 1. The van der Waals surface area contributed by atoms with Crippen molar-refractivity contribution >= 4 is 23.4 Å². The van der Waals surface area contributed by atoms with Crippen LogP contribution in [-0.4, -0.2) is 53.1 Å². The summed E-state index contributed by atoms with van der Waals surface area (Å²) in [6, 6.07) is 5.35. The summed E-state index contributed by atoms with van der Waals surface area (Å²) < 4.78 is 7.15. The van der Waals surface area contributed by atoms with E-state index in [2.05, 4.69) is 40.9 Å². The van der Waals surface area contributed by atoms with Gasteiger partial charge < -0.3 is 20.5 Å². The first-order chi connectivity index (χ1) is 15.0. The molecular weight excluding hydrogens is 402 g/mol. The largest absolute Gasteiger partial charge is 0.494 e. The lowest BCUT2D eigenvalue weighted by molar-refractivity contribution is 0.0697. The van der Waals surface area contributed by atoms with Gasteiger partial charge >= 0.3 is 5.97 Å². The van der Waals surface area contributed by atoms with Crippen molar-refractivity contribution in [2.75, 3.05) is 17.7 Å². The fraction of sp³-hybridized carbons (Fsp3) is 0.158. The summed E-state index contributed by atoms with van der Waals surface area (Å²) in [6.45, 7) is 0.423. The first-order valence-corrected chi connectivity index (χ1v) is 9.17. The van der Waals surface area contributed by atoms with Crippen molar-refractivity contribution in [3.05, 3.63) is 54.2 Å². The summed E-state index contributed by atoms with van der Waals surface area (Å²) >= 11 is 0. The SMILES string of the molecule is COc1c(Nc2nc(NCc3cn[nH]c3)ncc2C(=O)O)cccc1-c1ncn(C)n1. The van der Waals surface area contributed by atoms with E-state index in [4.69, 9.17) is 4.74 Å². The highest BCUT2D eigenvalue weighted by Crippen LogP contribution is 2.36. The predicted molar refractivity (Wildman–Crippen MR) is 111 cm³/mol. The van der Waals surface area contributed by atoms with Gasteiger partial charge in [0.15, 0.2) is 17.4 Å². The molecule has 0 atom stereocenters. The average molecular weight is 421 g/mol. The smallest absolute Gasteiger partial charge is 0.341 e. The van der Waals surface area contributed by atoms with E-state index in [1.54, 1.807) is 42.6 Å². The van der Waals surface area contributed by atoms with E-state index in [1.807, 2.05) is 6.07 Å². The zero-order chi connectivity index (χ0) is 21.8. The van der Waals surface area contributed by atoms with Crippen LogP contribution in [0.5, 0.6) is 5.75 Å². The Labute approximate surface area is 176 Å². The van der Waals surface area contributed by atoms with E-state index in [-0.39, 0.29) is 17.3 Å². The molecule has 4 N–H and O–H groups in total. The molecule has 3 heterocycles. The van der Waals surface area contributed by atoms with Crippen LogP contribution in [0.2, 0.25) is 0 Å². The molecule has 0 aliphatic heterocycles.